The summed E-state index contributed by atoms with van der Waals surface area (Å²) in [5, 5.41) is 1.07. The van der Waals surface area contributed by atoms with Crippen molar-refractivity contribution in [2.75, 3.05) is 4.90 Å². The third-order valence-corrected chi connectivity index (χ3v) is 6.48. The SMILES string of the molecule is O=C1/C(=C\c2cn(Cc3ccccc3)c3ccccc23)SC(=S)N1c1ccc(F)cc1. The Balaban J connectivity index is 1.52. The monoisotopic (exact) mass is 444 g/mol. The maximum absolute atomic E-state index is 13.3. The van der Waals surface area contributed by atoms with Crippen molar-refractivity contribution < 1.29 is 9.18 Å². The summed E-state index contributed by atoms with van der Waals surface area (Å²) in [7, 11) is 0. The Hall–Kier alpha value is -3.22. The van der Waals surface area contributed by atoms with Crippen molar-refractivity contribution in [2.45, 2.75) is 6.54 Å². The molecule has 0 unspecified atom stereocenters. The minimum absolute atomic E-state index is 0.193. The first kappa shape index (κ1) is 19.7. The Kier molecular flexibility index (Phi) is 5.18. The van der Waals surface area contributed by atoms with E-state index in [4.69, 9.17) is 12.2 Å². The number of thioether (sulfide) groups is 1. The van der Waals surface area contributed by atoms with Crippen molar-refractivity contribution >= 4 is 56.9 Å². The van der Waals surface area contributed by atoms with E-state index < -0.39 is 0 Å². The fourth-order valence-electron chi connectivity index (χ4n) is 3.72. The largest absolute Gasteiger partial charge is 0.342 e. The number of hydrogen-bond acceptors (Lipinski definition) is 3. The zero-order valence-electron chi connectivity index (χ0n) is 16.4. The molecule has 1 amide bonds. The van der Waals surface area contributed by atoms with Gasteiger partial charge in [-0.1, -0.05) is 72.5 Å². The van der Waals surface area contributed by atoms with Gasteiger partial charge < -0.3 is 4.57 Å². The number of carbonyl (C=O) groups is 1. The lowest BCUT2D eigenvalue weighted by molar-refractivity contribution is -0.113. The van der Waals surface area contributed by atoms with Crippen LogP contribution in [0.4, 0.5) is 10.1 Å². The molecular formula is C25H17FN2OS2. The Labute approximate surface area is 188 Å². The number of fused-ring (bicyclic) bond motifs is 1. The molecule has 0 atom stereocenters. The summed E-state index contributed by atoms with van der Waals surface area (Å²) in [6, 6.07) is 24.2. The van der Waals surface area contributed by atoms with Gasteiger partial charge in [0.15, 0.2) is 4.32 Å². The third-order valence-electron chi connectivity index (χ3n) is 5.18. The van der Waals surface area contributed by atoms with E-state index in [0.717, 1.165) is 23.0 Å². The van der Waals surface area contributed by atoms with Gasteiger partial charge in [0.05, 0.1) is 10.6 Å². The number of nitrogens with zero attached hydrogens (tertiary/aromatic N) is 2. The number of carbonyl (C=O) groups excluding carboxylic acids is 1. The van der Waals surface area contributed by atoms with Crippen LogP contribution in [-0.2, 0) is 11.3 Å². The Morgan fingerprint density at radius 3 is 2.42 bits per heavy atom. The number of rotatable bonds is 4. The molecule has 1 aliphatic heterocycles. The molecule has 6 heteroatoms. The van der Waals surface area contributed by atoms with E-state index >= 15 is 0 Å². The number of aromatic nitrogens is 1. The molecule has 1 saturated heterocycles. The second-order valence-corrected chi connectivity index (χ2v) is 8.88. The lowest BCUT2D eigenvalue weighted by atomic mass is 10.1. The van der Waals surface area contributed by atoms with Crippen LogP contribution in [0.25, 0.3) is 17.0 Å². The first-order chi connectivity index (χ1) is 15.1. The molecule has 0 spiro atoms. The van der Waals surface area contributed by atoms with Crippen molar-refractivity contribution in [1.82, 2.24) is 4.57 Å². The van der Waals surface area contributed by atoms with E-state index in [1.807, 2.05) is 36.4 Å². The molecule has 1 fully saturated rings. The van der Waals surface area contributed by atoms with Crippen LogP contribution in [0.5, 0.6) is 0 Å². The van der Waals surface area contributed by atoms with E-state index in [0.29, 0.717) is 14.9 Å². The second kappa shape index (κ2) is 8.13. The highest BCUT2D eigenvalue weighted by molar-refractivity contribution is 8.27. The van der Waals surface area contributed by atoms with Gasteiger partial charge >= 0.3 is 0 Å². The zero-order chi connectivity index (χ0) is 21.4. The molecule has 3 aromatic carbocycles. The number of hydrogen-bond donors (Lipinski definition) is 0. The van der Waals surface area contributed by atoms with Crippen molar-refractivity contribution in [2.24, 2.45) is 0 Å². The van der Waals surface area contributed by atoms with Crippen LogP contribution >= 0.6 is 24.0 Å². The highest BCUT2D eigenvalue weighted by Crippen LogP contribution is 2.37. The quantitative estimate of drug-likeness (QED) is 0.275. The molecule has 1 aromatic heterocycles. The van der Waals surface area contributed by atoms with Gasteiger partial charge in [0.1, 0.15) is 5.82 Å². The van der Waals surface area contributed by atoms with Gasteiger partial charge in [-0.25, -0.2) is 4.39 Å². The van der Waals surface area contributed by atoms with E-state index in [-0.39, 0.29) is 11.7 Å². The van der Waals surface area contributed by atoms with Crippen LogP contribution in [0, 0.1) is 5.82 Å². The number of para-hydroxylation sites is 1. The molecule has 5 rings (SSSR count). The molecule has 31 heavy (non-hydrogen) atoms. The topological polar surface area (TPSA) is 25.2 Å². The highest BCUT2D eigenvalue weighted by Gasteiger charge is 2.33. The van der Waals surface area contributed by atoms with Crippen molar-refractivity contribution in [3.05, 3.63) is 107 Å². The van der Waals surface area contributed by atoms with Crippen LogP contribution in [0.3, 0.4) is 0 Å². The van der Waals surface area contributed by atoms with Gasteiger partial charge in [-0.3, -0.25) is 9.69 Å². The smallest absolute Gasteiger partial charge is 0.270 e. The fraction of sp³-hybridized carbons (Fsp3) is 0.0400. The maximum Gasteiger partial charge on any atom is 0.270 e. The number of benzene rings is 3. The number of thiocarbonyl (C=S) groups is 1. The summed E-state index contributed by atoms with van der Waals surface area (Å²) in [6.45, 7) is 0.742. The maximum atomic E-state index is 13.3. The lowest BCUT2D eigenvalue weighted by Gasteiger charge is -2.14. The van der Waals surface area contributed by atoms with Gasteiger partial charge in [0.25, 0.3) is 5.91 Å². The van der Waals surface area contributed by atoms with Crippen LogP contribution < -0.4 is 4.90 Å². The predicted molar refractivity (Wildman–Crippen MR) is 130 cm³/mol. The average Bonchev–Trinajstić information content (AvgIpc) is 3.26. The normalized spacial score (nSPS) is 15.4. The minimum Gasteiger partial charge on any atom is -0.342 e. The third kappa shape index (κ3) is 3.80. The van der Waals surface area contributed by atoms with Crippen molar-refractivity contribution in [1.29, 1.82) is 0 Å². The average molecular weight is 445 g/mol. The van der Waals surface area contributed by atoms with Gasteiger partial charge in [-0.05, 0) is 42.0 Å². The summed E-state index contributed by atoms with van der Waals surface area (Å²) < 4.78 is 15.9. The zero-order valence-corrected chi connectivity index (χ0v) is 18.0. The van der Waals surface area contributed by atoms with Crippen LogP contribution in [0.15, 0.2) is 90.0 Å². The van der Waals surface area contributed by atoms with E-state index in [9.17, 15) is 9.18 Å². The summed E-state index contributed by atoms with van der Waals surface area (Å²) in [6.07, 6.45) is 3.97. The van der Waals surface area contributed by atoms with Crippen molar-refractivity contribution in [3.8, 4) is 0 Å². The molecular weight excluding hydrogens is 427 g/mol. The second-order valence-electron chi connectivity index (χ2n) is 7.21. The van der Waals surface area contributed by atoms with Crippen LogP contribution in [0.1, 0.15) is 11.1 Å². The highest BCUT2D eigenvalue weighted by atomic mass is 32.2. The first-order valence-corrected chi connectivity index (χ1v) is 11.0. The minimum atomic E-state index is -0.351. The lowest BCUT2D eigenvalue weighted by Crippen LogP contribution is -2.27. The van der Waals surface area contributed by atoms with Gasteiger partial charge in [0.2, 0.25) is 0 Å². The summed E-state index contributed by atoms with van der Waals surface area (Å²) in [4.78, 5) is 15.1. The standard InChI is InChI=1S/C25H17FN2OS2/c26-19-10-12-20(13-11-19)28-24(29)23(31-25(28)30)14-18-16-27(15-17-6-2-1-3-7-17)22-9-5-4-8-21(18)22/h1-14,16H,15H2/b23-14+. The molecule has 0 radical (unpaired) electrons. The molecule has 0 aliphatic carbocycles. The Bertz CT molecular complexity index is 1330. The molecule has 1 aliphatic rings. The van der Waals surface area contributed by atoms with E-state index in [2.05, 4.69) is 35.0 Å². The van der Waals surface area contributed by atoms with Crippen LogP contribution in [-0.4, -0.2) is 14.8 Å². The summed E-state index contributed by atoms with van der Waals surface area (Å²) >= 11 is 6.71. The van der Waals surface area contributed by atoms with Gasteiger partial charge in [0, 0.05) is 29.2 Å². The van der Waals surface area contributed by atoms with E-state index in [1.165, 1.54) is 34.4 Å². The molecule has 3 nitrogen and oxygen atoms in total. The summed E-state index contributed by atoms with van der Waals surface area (Å²) in [5.41, 5.74) is 3.84. The molecule has 0 N–H and O–H groups in total. The fourth-order valence-corrected chi connectivity index (χ4v) is 5.01. The molecule has 0 saturated carbocycles. The first-order valence-electron chi connectivity index (χ1n) is 9.75. The molecule has 4 aromatic rings. The number of amides is 1. The predicted octanol–water partition coefficient (Wildman–Crippen LogP) is 6.23. The number of anilines is 1. The molecule has 152 valence electrons. The Morgan fingerprint density at radius 1 is 0.935 bits per heavy atom. The molecule has 0 bridgehead atoms. The molecule has 2 heterocycles. The number of halogens is 1. The van der Waals surface area contributed by atoms with Crippen LogP contribution in [0.2, 0.25) is 0 Å². The Morgan fingerprint density at radius 2 is 1.65 bits per heavy atom. The van der Waals surface area contributed by atoms with Gasteiger partial charge in [-0.15, -0.1) is 0 Å². The summed E-state index contributed by atoms with van der Waals surface area (Å²) in [5.74, 6) is -0.544. The van der Waals surface area contributed by atoms with Crippen molar-refractivity contribution in [3.63, 3.8) is 0 Å². The van der Waals surface area contributed by atoms with E-state index in [1.54, 1.807) is 12.1 Å². The van der Waals surface area contributed by atoms with Gasteiger partial charge in [-0.2, -0.15) is 0 Å².